The summed E-state index contributed by atoms with van der Waals surface area (Å²) < 4.78 is 1.11. The van der Waals surface area contributed by atoms with Gasteiger partial charge < -0.3 is 11.1 Å². The van der Waals surface area contributed by atoms with Crippen molar-refractivity contribution in [3.63, 3.8) is 0 Å². The fraction of sp³-hybridized carbons (Fsp3) is 0.500. The normalized spacial score (nSPS) is 14.9. The first kappa shape index (κ1) is 12.7. The zero-order valence-corrected chi connectivity index (χ0v) is 10.9. The van der Waals surface area contributed by atoms with Gasteiger partial charge in [0.25, 0.3) is 0 Å². The first-order valence-corrected chi connectivity index (χ1v) is 6.15. The Labute approximate surface area is 100 Å². The minimum absolute atomic E-state index is 0.355. The lowest BCUT2D eigenvalue weighted by Crippen LogP contribution is -2.30. The second-order valence-corrected chi connectivity index (χ2v) is 4.64. The second kappa shape index (κ2) is 6.26. The summed E-state index contributed by atoms with van der Waals surface area (Å²) >= 11 is 3.44. The summed E-state index contributed by atoms with van der Waals surface area (Å²) in [5.41, 5.74) is 7.08. The number of hydrogen-bond donors (Lipinski definition) is 2. The molecular weight excluding hydrogens is 252 g/mol. The van der Waals surface area contributed by atoms with Crippen molar-refractivity contribution < 1.29 is 0 Å². The minimum Gasteiger partial charge on any atom is -0.330 e. The molecule has 84 valence electrons. The van der Waals surface area contributed by atoms with Gasteiger partial charge in [-0.05, 0) is 37.2 Å². The molecule has 0 bridgehead atoms. The number of hydrogen-bond acceptors (Lipinski definition) is 2. The molecule has 2 unspecified atom stereocenters. The highest BCUT2D eigenvalue weighted by Crippen LogP contribution is 2.24. The lowest BCUT2D eigenvalue weighted by atomic mass is 9.91. The molecule has 0 heterocycles. The van der Waals surface area contributed by atoms with Crippen LogP contribution in [0.3, 0.4) is 0 Å². The van der Waals surface area contributed by atoms with Crippen LogP contribution in [0.4, 0.5) is 0 Å². The van der Waals surface area contributed by atoms with Gasteiger partial charge in [-0.2, -0.15) is 0 Å². The number of halogens is 1. The molecule has 0 saturated carbocycles. The van der Waals surface area contributed by atoms with Gasteiger partial charge in [0, 0.05) is 10.5 Å². The highest BCUT2D eigenvalue weighted by molar-refractivity contribution is 9.10. The third-order valence-electron chi connectivity index (χ3n) is 2.84. The molecule has 0 aliphatic carbocycles. The van der Waals surface area contributed by atoms with Crippen LogP contribution in [0, 0.1) is 5.92 Å². The average Bonchev–Trinajstić information content (AvgIpc) is 2.27. The molecule has 0 aliphatic rings. The molecule has 1 aromatic rings. The van der Waals surface area contributed by atoms with Gasteiger partial charge in [0.1, 0.15) is 0 Å². The number of rotatable bonds is 5. The summed E-state index contributed by atoms with van der Waals surface area (Å²) in [6.45, 7) is 2.90. The van der Waals surface area contributed by atoms with Gasteiger partial charge in [-0.3, -0.25) is 0 Å². The Kier molecular flexibility index (Phi) is 5.29. The smallest absolute Gasteiger partial charge is 0.0358 e. The van der Waals surface area contributed by atoms with Crippen LogP contribution in [0.5, 0.6) is 0 Å². The predicted molar refractivity (Wildman–Crippen MR) is 68.8 cm³/mol. The van der Waals surface area contributed by atoms with Crippen LogP contribution in [0.2, 0.25) is 0 Å². The van der Waals surface area contributed by atoms with Crippen molar-refractivity contribution in [3.05, 3.63) is 34.3 Å². The highest BCUT2D eigenvalue weighted by Gasteiger charge is 2.18. The van der Waals surface area contributed by atoms with Gasteiger partial charge in [0.05, 0.1) is 0 Å². The summed E-state index contributed by atoms with van der Waals surface area (Å²) in [5, 5.41) is 3.34. The van der Waals surface area contributed by atoms with E-state index in [0.29, 0.717) is 12.0 Å². The van der Waals surface area contributed by atoms with Gasteiger partial charge in [0.15, 0.2) is 0 Å². The number of benzene rings is 1. The molecule has 0 spiro atoms. The Hall–Kier alpha value is -0.380. The molecule has 0 amide bonds. The zero-order chi connectivity index (χ0) is 11.3. The highest BCUT2D eigenvalue weighted by atomic mass is 79.9. The van der Waals surface area contributed by atoms with E-state index in [2.05, 4.69) is 52.4 Å². The van der Waals surface area contributed by atoms with E-state index < -0.39 is 0 Å². The van der Waals surface area contributed by atoms with Crippen LogP contribution in [-0.4, -0.2) is 13.6 Å². The van der Waals surface area contributed by atoms with Gasteiger partial charge >= 0.3 is 0 Å². The Balaban J connectivity index is 2.86. The lowest BCUT2D eigenvalue weighted by molar-refractivity contribution is 0.378. The van der Waals surface area contributed by atoms with Crippen molar-refractivity contribution in [2.45, 2.75) is 19.4 Å². The van der Waals surface area contributed by atoms with E-state index in [1.165, 1.54) is 5.56 Å². The average molecular weight is 271 g/mol. The Morgan fingerprint density at radius 2 is 1.93 bits per heavy atom. The van der Waals surface area contributed by atoms with Crippen molar-refractivity contribution in [2.24, 2.45) is 11.7 Å². The fourth-order valence-electron chi connectivity index (χ4n) is 1.88. The van der Waals surface area contributed by atoms with E-state index >= 15 is 0 Å². The molecule has 0 saturated heterocycles. The molecule has 2 atom stereocenters. The van der Waals surface area contributed by atoms with Crippen LogP contribution < -0.4 is 11.1 Å². The largest absolute Gasteiger partial charge is 0.330 e. The maximum absolute atomic E-state index is 5.78. The van der Waals surface area contributed by atoms with E-state index in [4.69, 9.17) is 5.73 Å². The SMILES string of the molecule is CCC(CN)C(NC)c1ccc(Br)cc1. The van der Waals surface area contributed by atoms with Gasteiger partial charge in [-0.25, -0.2) is 0 Å². The predicted octanol–water partition coefficient (Wildman–Crippen LogP) is 2.69. The summed E-state index contributed by atoms with van der Waals surface area (Å²) in [7, 11) is 1.99. The molecule has 3 heteroatoms. The van der Waals surface area contributed by atoms with E-state index in [9.17, 15) is 0 Å². The van der Waals surface area contributed by atoms with Crippen LogP contribution >= 0.6 is 15.9 Å². The topological polar surface area (TPSA) is 38.0 Å². The Bertz CT molecular complexity index is 280. The van der Waals surface area contributed by atoms with Crippen LogP contribution in [0.1, 0.15) is 24.9 Å². The molecule has 1 aromatic carbocycles. The van der Waals surface area contributed by atoms with Crippen molar-refractivity contribution in [1.29, 1.82) is 0 Å². The van der Waals surface area contributed by atoms with E-state index in [1.54, 1.807) is 0 Å². The Morgan fingerprint density at radius 1 is 1.33 bits per heavy atom. The van der Waals surface area contributed by atoms with Gasteiger partial charge in [0.2, 0.25) is 0 Å². The number of nitrogens with two attached hydrogens (primary N) is 1. The standard InChI is InChI=1S/C12H19BrN2/c1-3-9(8-14)12(15-2)10-4-6-11(13)7-5-10/h4-7,9,12,15H,3,8,14H2,1-2H3. The van der Waals surface area contributed by atoms with Crippen LogP contribution in [0.25, 0.3) is 0 Å². The van der Waals surface area contributed by atoms with Gasteiger partial charge in [-0.1, -0.05) is 41.4 Å². The fourth-order valence-corrected chi connectivity index (χ4v) is 2.15. The molecule has 0 aliphatic heterocycles. The summed E-state index contributed by atoms with van der Waals surface area (Å²) in [5.74, 6) is 0.496. The molecule has 1 rings (SSSR count). The molecule has 15 heavy (non-hydrogen) atoms. The van der Waals surface area contributed by atoms with Crippen molar-refractivity contribution >= 4 is 15.9 Å². The molecule has 3 N–H and O–H groups in total. The third-order valence-corrected chi connectivity index (χ3v) is 3.37. The second-order valence-electron chi connectivity index (χ2n) is 3.72. The summed E-state index contributed by atoms with van der Waals surface area (Å²) in [6.07, 6.45) is 1.10. The lowest BCUT2D eigenvalue weighted by Gasteiger charge is -2.25. The first-order chi connectivity index (χ1) is 7.22. The maximum Gasteiger partial charge on any atom is 0.0358 e. The van der Waals surface area contributed by atoms with Crippen molar-refractivity contribution in [2.75, 3.05) is 13.6 Å². The molecule has 0 fully saturated rings. The van der Waals surface area contributed by atoms with Gasteiger partial charge in [-0.15, -0.1) is 0 Å². The van der Waals surface area contributed by atoms with E-state index in [0.717, 1.165) is 17.4 Å². The minimum atomic E-state index is 0.355. The third kappa shape index (κ3) is 3.30. The first-order valence-electron chi connectivity index (χ1n) is 5.35. The van der Waals surface area contributed by atoms with Crippen LogP contribution in [0.15, 0.2) is 28.7 Å². The van der Waals surface area contributed by atoms with Crippen molar-refractivity contribution in [1.82, 2.24) is 5.32 Å². The molecule has 2 nitrogen and oxygen atoms in total. The maximum atomic E-state index is 5.78. The molecule has 0 aromatic heterocycles. The number of nitrogens with one attached hydrogen (secondary N) is 1. The molecule has 0 radical (unpaired) electrons. The van der Waals surface area contributed by atoms with E-state index in [-0.39, 0.29) is 0 Å². The van der Waals surface area contributed by atoms with Crippen molar-refractivity contribution in [3.8, 4) is 0 Å². The Morgan fingerprint density at radius 3 is 2.33 bits per heavy atom. The monoisotopic (exact) mass is 270 g/mol. The molecular formula is C12H19BrN2. The summed E-state index contributed by atoms with van der Waals surface area (Å²) in [6, 6.07) is 8.78. The van der Waals surface area contributed by atoms with E-state index in [1.807, 2.05) is 7.05 Å². The summed E-state index contributed by atoms with van der Waals surface area (Å²) in [4.78, 5) is 0. The quantitative estimate of drug-likeness (QED) is 0.864. The zero-order valence-electron chi connectivity index (χ0n) is 9.33. The van der Waals surface area contributed by atoms with Crippen LogP contribution in [-0.2, 0) is 0 Å².